The fourth-order valence-corrected chi connectivity index (χ4v) is 1.58. The number of nitrogens with two attached hydrogens (primary N) is 1. The van der Waals surface area contributed by atoms with E-state index in [-0.39, 0.29) is 6.79 Å². The largest absolute Gasteiger partial charge is 0.458 e. The van der Waals surface area contributed by atoms with Crippen molar-refractivity contribution in [3.63, 3.8) is 0 Å². The molecule has 2 N–H and O–H groups in total. The monoisotopic (exact) mass is 272 g/mol. The first kappa shape index (κ1) is 13.7. The van der Waals surface area contributed by atoms with E-state index in [1.807, 2.05) is 30.3 Å². The van der Waals surface area contributed by atoms with Crippen LogP contribution in [-0.4, -0.2) is 19.9 Å². The van der Waals surface area contributed by atoms with E-state index >= 15 is 0 Å². The molecule has 20 heavy (non-hydrogen) atoms. The Morgan fingerprint density at radius 2 is 1.55 bits per heavy atom. The van der Waals surface area contributed by atoms with E-state index in [0.717, 1.165) is 5.75 Å². The van der Waals surface area contributed by atoms with Crippen molar-refractivity contribution in [3.8, 4) is 11.5 Å². The second-order valence-electron chi connectivity index (χ2n) is 4.11. The second-order valence-corrected chi connectivity index (χ2v) is 4.11. The maximum absolute atomic E-state index is 11.0. The highest BCUT2D eigenvalue weighted by Crippen LogP contribution is 2.18. The number of anilines is 1. The molecule has 0 saturated carbocycles. The Bertz CT molecular complexity index is 555. The molecule has 0 aliphatic heterocycles. The van der Waals surface area contributed by atoms with E-state index in [2.05, 4.69) is 0 Å². The second kappa shape index (κ2) is 6.47. The zero-order chi connectivity index (χ0) is 14.4. The van der Waals surface area contributed by atoms with Crippen LogP contribution < -0.4 is 20.1 Å². The van der Waals surface area contributed by atoms with Crippen LogP contribution in [0.4, 0.5) is 10.5 Å². The normalized spacial score (nSPS) is 9.85. The van der Waals surface area contributed by atoms with Gasteiger partial charge < -0.3 is 15.2 Å². The number of urea groups is 1. The van der Waals surface area contributed by atoms with Crippen molar-refractivity contribution in [1.29, 1.82) is 0 Å². The number of carbonyl (C=O) groups is 1. The average Bonchev–Trinajstić information content (AvgIpc) is 2.48. The maximum atomic E-state index is 11.0. The first-order valence-electron chi connectivity index (χ1n) is 6.10. The van der Waals surface area contributed by atoms with E-state index in [9.17, 15) is 4.79 Å². The van der Waals surface area contributed by atoms with Gasteiger partial charge in [0.05, 0.1) is 0 Å². The van der Waals surface area contributed by atoms with Crippen LogP contribution in [0.5, 0.6) is 11.5 Å². The summed E-state index contributed by atoms with van der Waals surface area (Å²) in [6.45, 7) is 0.120. The van der Waals surface area contributed by atoms with Crippen molar-refractivity contribution in [3.05, 3.63) is 54.6 Å². The van der Waals surface area contributed by atoms with Crippen molar-refractivity contribution in [2.45, 2.75) is 0 Å². The number of hydrogen-bond acceptors (Lipinski definition) is 3. The lowest BCUT2D eigenvalue weighted by atomic mass is 10.3. The van der Waals surface area contributed by atoms with E-state index in [1.54, 1.807) is 31.3 Å². The molecule has 0 aliphatic rings. The van der Waals surface area contributed by atoms with E-state index in [0.29, 0.717) is 11.4 Å². The van der Waals surface area contributed by atoms with Gasteiger partial charge in [-0.05, 0) is 36.4 Å². The zero-order valence-corrected chi connectivity index (χ0v) is 11.2. The summed E-state index contributed by atoms with van der Waals surface area (Å²) < 4.78 is 10.9. The number of rotatable bonds is 5. The Kier molecular flexibility index (Phi) is 4.44. The Hall–Kier alpha value is -2.69. The van der Waals surface area contributed by atoms with Gasteiger partial charge in [-0.2, -0.15) is 0 Å². The smallest absolute Gasteiger partial charge is 0.318 e. The van der Waals surface area contributed by atoms with Gasteiger partial charge in [0.25, 0.3) is 0 Å². The highest BCUT2D eigenvalue weighted by molar-refractivity contribution is 5.90. The minimum Gasteiger partial charge on any atom is -0.458 e. The summed E-state index contributed by atoms with van der Waals surface area (Å²) in [7, 11) is 1.61. The van der Waals surface area contributed by atoms with Crippen molar-refractivity contribution in [2.24, 2.45) is 5.73 Å². The van der Waals surface area contributed by atoms with Crippen LogP contribution in [0, 0.1) is 0 Å². The first-order valence-corrected chi connectivity index (χ1v) is 6.10. The molecule has 2 aromatic carbocycles. The van der Waals surface area contributed by atoms with Gasteiger partial charge >= 0.3 is 6.03 Å². The van der Waals surface area contributed by atoms with Gasteiger partial charge in [-0.1, -0.05) is 18.2 Å². The number of ether oxygens (including phenoxy) is 2. The summed E-state index contributed by atoms with van der Waals surface area (Å²) in [5.74, 6) is 1.40. The molecular weight excluding hydrogens is 256 g/mol. The molecule has 2 amide bonds. The van der Waals surface area contributed by atoms with Crippen LogP contribution in [0.2, 0.25) is 0 Å². The van der Waals surface area contributed by atoms with E-state index < -0.39 is 6.03 Å². The fraction of sp³-hybridized carbons (Fsp3) is 0.133. The molecule has 0 heterocycles. The number of hydrogen-bond donors (Lipinski definition) is 1. The summed E-state index contributed by atoms with van der Waals surface area (Å²) >= 11 is 0. The molecule has 0 fully saturated rings. The molecule has 0 bridgehead atoms. The number of para-hydroxylation sites is 1. The lowest BCUT2D eigenvalue weighted by Gasteiger charge is -2.14. The molecule has 0 saturated heterocycles. The number of primary amides is 1. The van der Waals surface area contributed by atoms with Gasteiger partial charge in [0.15, 0.2) is 0 Å². The summed E-state index contributed by atoms with van der Waals surface area (Å²) in [6, 6.07) is 15.9. The number of carbonyl (C=O) groups excluding carboxylic acids is 1. The highest BCUT2D eigenvalue weighted by atomic mass is 16.7. The zero-order valence-electron chi connectivity index (χ0n) is 11.2. The molecule has 5 heteroatoms. The van der Waals surface area contributed by atoms with Crippen LogP contribution in [0.1, 0.15) is 0 Å². The summed E-state index contributed by atoms with van der Waals surface area (Å²) in [6.07, 6.45) is 0. The van der Waals surface area contributed by atoms with Crippen molar-refractivity contribution in [1.82, 2.24) is 0 Å². The molecule has 2 rings (SSSR count). The lowest BCUT2D eigenvalue weighted by Crippen LogP contribution is -2.31. The van der Waals surface area contributed by atoms with Crippen molar-refractivity contribution in [2.75, 3.05) is 18.7 Å². The summed E-state index contributed by atoms with van der Waals surface area (Å²) in [5, 5.41) is 0. The topological polar surface area (TPSA) is 64.8 Å². The number of nitrogens with zero attached hydrogens (tertiary/aromatic N) is 1. The maximum Gasteiger partial charge on any atom is 0.318 e. The standard InChI is InChI=1S/C15H16N2O3/c1-17(15(16)18)12-7-9-14(10-8-12)20-11-19-13-5-3-2-4-6-13/h2-10H,11H2,1H3,(H2,16,18). The Labute approximate surface area is 117 Å². The van der Waals surface area contributed by atoms with Gasteiger partial charge in [0.2, 0.25) is 6.79 Å². The minimum absolute atomic E-state index is 0.120. The molecule has 0 aliphatic carbocycles. The molecule has 2 aromatic rings. The van der Waals surface area contributed by atoms with Crippen molar-refractivity contribution < 1.29 is 14.3 Å². The third-order valence-electron chi connectivity index (χ3n) is 2.75. The van der Waals surface area contributed by atoms with Gasteiger partial charge in [-0.25, -0.2) is 4.79 Å². The van der Waals surface area contributed by atoms with Gasteiger partial charge in [0, 0.05) is 12.7 Å². The average molecular weight is 272 g/mol. The van der Waals surface area contributed by atoms with Gasteiger partial charge in [-0.3, -0.25) is 4.90 Å². The third kappa shape index (κ3) is 3.65. The van der Waals surface area contributed by atoms with E-state index in [4.69, 9.17) is 15.2 Å². The molecule has 0 unspecified atom stereocenters. The van der Waals surface area contributed by atoms with Crippen LogP contribution in [0.25, 0.3) is 0 Å². The predicted octanol–water partition coefficient (Wildman–Crippen LogP) is 2.62. The molecule has 5 nitrogen and oxygen atoms in total. The number of benzene rings is 2. The van der Waals surface area contributed by atoms with Gasteiger partial charge in [0.1, 0.15) is 11.5 Å². The SMILES string of the molecule is CN(C(N)=O)c1ccc(OCOc2ccccc2)cc1. The molecule has 0 spiro atoms. The lowest BCUT2D eigenvalue weighted by molar-refractivity contribution is 0.120. The van der Waals surface area contributed by atoms with Gasteiger partial charge in [-0.15, -0.1) is 0 Å². The Balaban J connectivity index is 1.86. The molecule has 104 valence electrons. The highest BCUT2D eigenvalue weighted by Gasteiger charge is 2.05. The molecule has 0 radical (unpaired) electrons. The predicted molar refractivity (Wildman–Crippen MR) is 77.0 cm³/mol. The molecular formula is C15H16N2O3. The Morgan fingerprint density at radius 1 is 1.00 bits per heavy atom. The Morgan fingerprint density at radius 3 is 2.10 bits per heavy atom. The molecule has 0 aromatic heterocycles. The van der Waals surface area contributed by atoms with Crippen LogP contribution in [-0.2, 0) is 0 Å². The summed E-state index contributed by atoms with van der Waals surface area (Å²) in [4.78, 5) is 12.4. The van der Waals surface area contributed by atoms with Crippen molar-refractivity contribution >= 4 is 11.7 Å². The third-order valence-corrected chi connectivity index (χ3v) is 2.75. The van der Waals surface area contributed by atoms with Crippen LogP contribution in [0.3, 0.4) is 0 Å². The van der Waals surface area contributed by atoms with E-state index in [1.165, 1.54) is 4.90 Å². The number of amides is 2. The van der Waals surface area contributed by atoms with Crippen LogP contribution in [0.15, 0.2) is 54.6 Å². The van der Waals surface area contributed by atoms with Crippen LogP contribution >= 0.6 is 0 Å². The first-order chi connectivity index (χ1) is 9.66. The fourth-order valence-electron chi connectivity index (χ4n) is 1.58. The summed E-state index contributed by atoms with van der Waals surface area (Å²) in [5.41, 5.74) is 5.89. The minimum atomic E-state index is -0.508. The quantitative estimate of drug-likeness (QED) is 0.851. The molecule has 0 atom stereocenters.